The highest BCUT2D eigenvalue weighted by Gasteiger charge is 2.01. The fourth-order valence-electron chi connectivity index (χ4n) is 1.07. The van der Waals surface area contributed by atoms with E-state index in [4.69, 9.17) is 0 Å². The normalized spacial score (nSPS) is 8.93. The molecule has 0 aromatic heterocycles. The van der Waals surface area contributed by atoms with Gasteiger partial charge in [0.05, 0.1) is 0 Å². The quantitative estimate of drug-likeness (QED) is 0.766. The first-order valence-electron chi connectivity index (χ1n) is 4.68. The summed E-state index contributed by atoms with van der Waals surface area (Å²) in [7, 11) is 0. The second-order valence-corrected chi connectivity index (χ2v) is 2.98. The maximum Gasteiger partial charge on any atom is 0.251 e. The molecule has 2 nitrogen and oxygen atoms in total. The van der Waals surface area contributed by atoms with Crippen molar-refractivity contribution in [3.05, 3.63) is 35.9 Å². The number of nitrogens with one attached hydrogen (secondary N) is 1. The van der Waals surface area contributed by atoms with E-state index < -0.39 is 0 Å². The number of carbonyl (C=O) groups excluding carboxylic acids is 1. The molecule has 0 atom stereocenters. The van der Waals surface area contributed by atoms with Crippen molar-refractivity contribution < 1.29 is 4.79 Å². The third-order valence-electron chi connectivity index (χ3n) is 1.85. The zero-order chi connectivity index (χ0) is 9.52. The average molecular weight is 214 g/mol. The number of unbranched alkanes of at least 4 members (excludes halogenated alkanes) is 1. The van der Waals surface area contributed by atoms with E-state index in [0.29, 0.717) is 0 Å². The molecule has 1 N–H and O–H groups in total. The molecule has 1 aromatic rings. The summed E-state index contributed by atoms with van der Waals surface area (Å²) in [5, 5.41) is 2.86. The molecular formula is C11H16ClNO. The molecule has 0 unspecified atom stereocenters. The number of halogens is 1. The molecule has 0 bridgehead atoms. The minimum absolute atomic E-state index is 0. The minimum Gasteiger partial charge on any atom is -0.352 e. The Hall–Kier alpha value is -1.02. The lowest BCUT2D eigenvalue weighted by atomic mass is 10.2. The van der Waals surface area contributed by atoms with Crippen molar-refractivity contribution in [2.24, 2.45) is 0 Å². The van der Waals surface area contributed by atoms with Gasteiger partial charge < -0.3 is 5.32 Å². The standard InChI is InChI=1S/C11H15NO.ClH/c1-2-3-9-12-11(13)10-7-5-4-6-8-10;/h4-8H,2-3,9H2,1H3,(H,12,13);1H. The summed E-state index contributed by atoms with van der Waals surface area (Å²) in [5.41, 5.74) is 0.735. The van der Waals surface area contributed by atoms with Crippen LogP contribution in [-0.4, -0.2) is 12.5 Å². The van der Waals surface area contributed by atoms with E-state index in [0.717, 1.165) is 24.9 Å². The number of rotatable bonds is 4. The zero-order valence-corrected chi connectivity index (χ0v) is 9.14. The molecule has 0 aliphatic rings. The van der Waals surface area contributed by atoms with Gasteiger partial charge in [-0.15, -0.1) is 12.4 Å². The largest absolute Gasteiger partial charge is 0.352 e. The molecule has 3 heteroatoms. The van der Waals surface area contributed by atoms with Crippen molar-refractivity contribution >= 4 is 18.3 Å². The Morgan fingerprint density at radius 3 is 2.50 bits per heavy atom. The zero-order valence-electron chi connectivity index (χ0n) is 8.32. The molecular weight excluding hydrogens is 198 g/mol. The minimum atomic E-state index is 0. The van der Waals surface area contributed by atoms with Crippen molar-refractivity contribution in [3.63, 3.8) is 0 Å². The number of hydrogen-bond donors (Lipinski definition) is 1. The van der Waals surface area contributed by atoms with E-state index in [9.17, 15) is 4.79 Å². The van der Waals surface area contributed by atoms with Crippen LogP contribution in [-0.2, 0) is 0 Å². The third kappa shape index (κ3) is 4.28. The molecule has 14 heavy (non-hydrogen) atoms. The Balaban J connectivity index is 0.00000169. The lowest BCUT2D eigenvalue weighted by molar-refractivity contribution is 0.0953. The Morgan fingerprint density at radius 1 is 1.29 bits per heavy atom. The third-order valence-corrected chi connectivity index (χ3v) is 1.85. The maximum atomic E-state index is 11.4. The van der Waals surface area contributed by atoms with Gasteiger partial charge in [0.15, 0.2) is 0 Å². The average Bonchev–Trinajstić information content (AvgIpc) is 2.19. The fourth-order valence-corrected chi connectivity index (χ4v) is 1.07. The summed E-state index contributed by atoms with van der Waals surface area (Å²) in [4.78, 5) is 11.4. The van der Waals surface area contributed by atoms with Gasteiger partial charge in [0, 0.05) is 12.1 Å². The summed E-state index contributed by atoms with van der Waals surface area (Å²) in [6, 6.07) is 9.29. The Labute approximate surface area is 91.1 Å². The van der Waals surface area contributed by atoms with Crippen LogP contribution in [0.4, 0.5) is 0 Å². The molecule has 1 rings (SSSR count). The molecule has 78 valence electrons. The first-order valence-corrected chi connectivity index (χ1v) is 4.68. The summed E-state index contributed by atoms with van der Waals surface area (Å²) < 4.78 is 0. The molecule has 0 fully saturated rings. The van der Waals surface area contributed by atoms with E-state index in [2.05, 4.69) is 12.2 Å². The van der Waals surface area contributed by atoms with Crippen molar-refractivity contribution in [3.8, 4) is 0 Å². The summed E-state index contributed by atoms with van der Waals surface area (Å²) >= 11 is 0. The Bertz CT molecular complexity index is 261. The SMILES string of the molecule is CCCCNC(=O)c1ccccc1.Cl. The van der Waals surface area contributed by atoms with Gasteiger partial charge in [-0.25, -0.2) is 0 Å². The monoisotopic (exact) mass is 213 g/mol. The van der Waals surface area contributed by atoms with E-state index in [-0.39, 0.29) is 18.3 Å². The topological polar surface area (TPSA) is 29.1 Å². The molecule has 0 saturated heterocycles. The van der Waals surface area contributed by atoms with Crippen molar-refractivity contribution in [2.75, 3.05) is 6.54 Å². The predicted molar refractivity (Wildman–Crippen MR) is 60.9 cm³/mol. The highest BCUT2D eigenvalue weighted by molar-refractivity contribution is 5.94. The molecule has 0 saturated carbocycles. The van der Waals surface area contributed by atoms with Gasteiger partial charge >= 0.3 is 0 Å². The Morgan fingerprint density at radius 2 is 1.93 bits per heavy atom. The van der Waals surface area contributed by atoms with E-state index in [1.807, 2.05) is 30.3 Å². The van der Waals surface area contributed by atoms with Crippen LogP contribution in [0.2, 0.25) is 0 Å². The van der Waals surface area contributed by atoms with Crippen LogP contribution in [0.15, 0.2) is 30.3 Å². The molecule has 0 aliphatic carbocycles. The van der Waals surface area contributed by atoms with E-state index >= 15 is 0 Å². The molecule has 0 aliphatic heterocycles. The van der Waals surface area contributed by atoms with Gasteiger partial charge in [-0.1, -0.05) is 31.5 Å². The van der Waals surface area contributed by atoms with Crippen LogP contribution in [0.5, 0.6) is 0 Å². The molecule has 0 spiro atoms. The summed E-state index contributed by atoms with van der Waals surface area (Å²) in [5.74, 6) is 0.0223. The van der Waals surface area contributed by atoms with Gasteiger partial charge in [-0.05, 0) is 18.6 Å². The number of amides is 1. The maximum absolute atomic E-state index is 11.4. The summed E-state index contributed by atoms with van der Waals surface area (Å²) in [6.45, 7) is 2.87. The van der Waals surface area contributed by atoms with Gasteiger partial charge in [0.2, 0.25) is 0 Å². The van der Waals surface area contributed by atoms with Crippen molar-refractivity contribution in [1.29, 1.82) is 0 Å². The van der Waals surface area contributed by atoms with Gasteiger partial charge in [-0.3, -0.25) is 4.79 Å². The fraction of sp³-hybridized carbons (Fsp3) is 0.364. The first kappa shape index (κ1) is 13.0. The predicted octanol–water partition coefficient (Wildman–Crippen LogP) is 2.64. The van der Waals surface area contributed by atoms with Crippen molar-refractivity contribution in [2.45, 2.75) is 19.8 Å². The molecule has 0 radical (unpaired) electrons. The van der Waals surface area contributed by atoms with Gasteiger partial charge in [-0.2, -0.15) is 0 Å². The number of carbonyl (C=O) groups is 1. The second kappa shape index (κ2) is 7.39. The second-order valence-electron chi connectivity index (χ2n) is 2.98. The van der Waals surface area contributed by atoms with Crippen LogP contribution in [0.25, 0.3) is 0 Å². The van der Waals surface area contributed by atoms with Crippen LogP contribution >= 0.6 is 12.4 Å². The van der Waals surface area contributed by atoms with Crippen LogP contribution < -0.4 is 5.32 Å². The first-order chi connectivity index (χ1) is 6.34. The smallest absolute Gasteiger partial charge is 0.251 e. The van der Waals surface area contributed by atoms with Crippen LogP contribution in [0.3, 0.4) is 0 Å². The highest BCUT2D eigenvalue weighted by Crippen LogP contribution is 1.97. The molecule has 0 heterocycles. The highest BCUT2D eigenvalue weighted by atomic mass is 35.5. The van der Waals surface area contributed by atoms with E-state index in [1.54, 1.807) is 0 Å². The molecule has 1 aromatic carbocycles. The van der Waals surface area contributed by atoms with Crippen LogP contribution in [0, 0.1) is 0 Å². The molecule has 1 amide bonds. The number of benzene rings is 1. The number of hydrogen-bond acceptors (Lipinski definition) is 1. The van der Waals surface area contributed by atoms with Crippen LogP contribution in [0.1, 0.15) is 30.1 Å². The van der Waals surface area contributed by atoms with Gasteiger partial charge in [0.25, 0.3) is 5.91 Å². The summed E-state index contributed by atoms with van der Waals surface area (Å²) in [6.07, 6.45) is 2.15. The Kier molecular flexibility index (Phi) is 6.85. The lowest BCUT2D eigenvalue weighted by Gasteiger charge is -2.02. The van der Waals surface area contributed by atoms with Gasteiger partial charge in [0.1, 0.15) is 0 Å². The lowest BCUT2D eigenvalue weighted by Crippen LogP contribution is -2.24. The van der Waals surface area contributed by atoms with Crippen molar-refractivity contribution in [1.82, 2.24) is 5.32 Å². The van der Waals surface area contributed by atoms with E-state index in [1.165, 1.54) is 0 Å².